The van der Waals surface area contributed by atoms with Crippen molar-refractivity contribution in [1.82, 2.24) is 10.3 Å². The zero-order chi connectivity index (χ0) is 13.9. The number of piperidine rings is 1. The van der Waals surface area contributed by atoms with E-state index in [9.17, 15) is 4.79 Å². The third-order valence-corrected chi connectivity index (χ3v) is 3.57. The Bertz CT molecular complexity index is 279. The quantitative estimate of drug-likeness (QED) is 0.543. The van der Waals surface area contributed by atoms with E-state index in [0.29, 0.717) is 6.42 Å². The van der Waals surface area contributed by atoms with Crippen LogP contribution in [-0.2, 0) is 4.79 Å². The van der Waals surface area contributed by atoms with Gasteiger partial charge in [-0.3, -0.25) is 4.79 Å². The van der Waals surface area contributed by atoms with Gasteiger partial charge in [0.15, 0.2) is 0 Å². The number of amides is 1. The second-order valence-electron chi connectivity index (χ2n) is 5.37. The predicted octanol–water partition coefficient (Wildman–Crippen LogP) is 2.93. The minimum atomic E-state index is 0.0691. The Morgan fingerprint density at radius 1 is 1.16 bits per heavy atom. The summed E-state index contributed by atoms with van der Waals surface area (Å²) in [6.07, 6.45) is 8.36. The van der Waals surface area contributed by atoms with Crippen LogP contribution in [0, 0.1) is 0 Å². The maximum Gasteiger partial charge on any atom is 0.240 e. The zero-order valence-corrected chi connectivity index (χ0v) is 12.6. The first kappa shape index (κ1) is 16.2. The molecule has 0 aromatic rings. The van der Waals surface area contributed by atoms with E-state index >= 15 is 0 Å². The highest BCUT2D eigenvalue weighted by Crippen LogP contribution is 2.07. The third kappa shape index (κ3) is 7.31. The van der Waals surface area contributed by atoms with E-state index < -0.39 is 0 Å². The van der Waals surface area contributed by atoms with E-state index in [4.69, 9.17) is 0 Å². The monoisotopic (exact) mass is 267 g/mol. The molecule has 1 rings (SSSR count). The van der Waals surface area contributed by atoms with Gasteiger partial charge in [-0.25, -0.2) is 5.43 Å². The average Bonchev–Trinajstić information content (AvgIpc) is 2.43. The summed E-state index contributed by atoms with van der Waals surface area (Å²) >= 11 is 0. The van der Waals surface area contributed by atoms with E-state index in [-0.39, 0.29) is 5.91 Å². The summed E-state index contributed by atoms with van der Waals surface area (Å²) in [4.78, 5) is 14.1. The predicted molar refractivity (Wildman–Crippen MR) is 80.3 cm³/mol. The normalized spacial score (nSPS) is 16.4. The highest BCUT2D eigenvalue weighted by atomic mass is 16.2. The number of carbonyl (C=O) groups is 1. The summed E-state index contributed by atoms with van der Waals surface area (Å²) in [5.74, 6) is 0.0691. The van der Waals surface area contributed by atoms with Crippen molar-refractivity contribution < 1.29 is 4.79 Å². The van der Waals surface area contributed by atoms with Crippen LogP contribution >= 0.6 is 0 Å². The highest BCUT2D eigenvalue weighted by molar-refractivity contribution is 5.87. The molecule has 19 heavy (non-hydrogen) atoms. The lowest BCUT2D eigenvalue weighted by Gasteiger charge is -2.26. The van der Waals surface area contributed by atoms with Crippen molar-refractivity contribution in [2.75, 3.05) is 19.6 Å². The molecule has 1 saturated heterocycles. The van der Waals surface area contributed by atoms with Gasteiger partial charge in [0, 0.05) is 38.1 Å². The van der Waals surface area contributed by atoms with Crippen LogP contribution in [0.1, 0.15) is 65.2 Å². The van der Waals surface area contributed by atoms with Crippen molar-refractivity contribution in [1.29, 1.82) is 0 Å². The molecule has 1 fully saturated rings. The molecule has 0 spiro atoms. The van der Waals surface area contributed by atoms with Crippen LogP contribution in [0.3, 0.4) is 0 Å². The Hall–Kier alpha value is -0.900. The molecule has 0 aromatic heterocycles. The van der Waals surface area contributed by atoms with Crippen LogP contribution in [0.15, 0.2) is 5.10 Å². The molecule has 1 aliphatic heterocycles. The summed E-state index contributed by atoms with van der Waals surface area (Å²) in [5.41, 5.74) is 3.85. The largest absolute Gasteiger partial charge is 0.303 e. The first-order chi connectivity index (χ1) is 9.26. The molecule has 0 unspecified atom stereocenters. The number of unbranched alkanes of at least 4 members (excludes halogenated alkanes) is 3. The highest BCUT2D eigenvalue weighted by Gasteiger charge is 2.14. The van der Waals surface area contributed by atoms with Gasteiger partial charge in [0.2, 0.25) is 5.91 Å². The molecule has 1 aliphatic rings. The summed E-state index contributed by atoms with van der Waals surface area (Å²) in [6.45, 7) is 7.73. The number of carbonyl (C=O) groups excluding carboxylic acids is 1. The van der Waals surface area contributed by atoms with Crippen molar-refractivity contribution >= 4 is 11.6 Å². The van der Waals surface area contributed by atoms with Crippen LogP contribution in [0.2, 0.25) is 0 Å². The van der Waals surface area contributed by atoms with Crippen molar-refractivity contribution in [2.45, 2.75) is 65.2 Å². The molecule has 110 valence electrons. The number of rotatable bonds is 8. The second-order valence-corrected chi connectivity index (χ2v) is 5.37. The molecule has 1 amide bonds. The number of hydrazone groups is 1. The van der Waals surface area contributed by atoms with Gasteiger partial charge in [0.05, 0.1) is 0 Å². The Balaban J connectivity index is 2.13. The van der Waals surface area contributed by atoms with Crippen LogP contribution in [-0.4, -0.2) is 36.2 Å². The maximum absolute atomic E-state index is 11.6. The van der Waals surface area contributed by atoms with Crippen LogP contribution in [0.4, 0.5) is 0 Å². The van der Waals surface area contributed by atoms with E-state index in [1.807, 2.05) is 0 Å². The molecular formula is C15H29N3O. The molecule has 1 heterocycles. The van der Waals surface area contributed by atoms with E-state index in [1.165, 1.54) is 25.8 Å². The van der Waals surface area contributed by atoms with Gasteiger partial charge in [-0.2, -0.15) is 5.10 Å². The fourth-order valence-corrected chi connectivity index (χ4v) is 2.37. The second kappa shape index (κ2) is 9.96. The third-order valence-electron chi connectivity index (χ3n) is 3.57. The van der Waals surface area contributed by atoms with Gasteiger partial charge in [-0.15, -0.1) is 0 Å². The van der Waals surface area contributed by atoms with E-state index in [1.54, 1.807) is 0 Å². The number of hydrogen-bond donors (Lipinski definition) is 1. The van der Waals surface area contributed by atoms with Gasteiger partial charge < -0.3 is 4.90 Å². The number of hydrogen-bond acceptors (Lipinski definition) is 3. The Morgan fingerprint density at radius 3 is 2.53 bits per heavy atom. The van der Waals surface area contributed by atoms with Gasteiger partial charge in [-0.1, -0.05) is 33.1 Å². The Labute approximate surface area is 117 Å². The first-order valence-electron chi connectivity index (χ1n) is 7.82. The van der Waals surface area contributed by atoms with Crippen molar-refractivity contribution in [3.63, 3.8) is 0 Å². The maximum atomic E-state index is 11.6. The summed E-state index contributed by atoms with van der Waals surface area (Å²) in [6, 6.07) is 0. The molecule has 0 aromatic carbocycles. The minimum Gasteiger partial charge on any atom is -0.303 e. The molecule has 0 saturated carbocycles. The molecule has 0 bridgehead atoms. The smallest absolute Gasteiger partial charge is 0.240 e. The summed E-state index contributed by atoms with van der Waals surface area (Å²) < 4.78 is 0. The first-order valence-corrected chi connectivity index (χ1v) is 7.82. The molecule has 0 aliphatic carbocycles. The molecule has 1 N–H and O–H groups in total. The lowest BCUT2D eigenvalue weighted by atomic mass is 10.1. The van der Waals surface area contributed by atoms with Crippen molar-refractivity contribution in [2.24, 2.45) is 5.10 Å². The standard InChI is InChI=1S/C15H29N3O/c1-3-5-6-7-8-15(19)17-16-14-9-12-18(11-4-2)13-10-14/h3-13H2,1-2H3,(H,17,19). The molecule has 4 nitrogen and oxygen atoms in total. The fourth-order valence-electron chi connectivity index (χ4n) is 2.37. The van der Waals surface area contributed by atoms with Crippen LogP contribution < -0.4 is 5.43 Å². The number of nitrogens with one attached hydrogen (secondary N) is 1. The van der Waals surface area contributed by atoms with Gasteiger partial charge in [0.25, 0.3) is 0 Å². The molecule has 0 atom stereocenters. The Morgan fingerprint density at radius 2 is 1.89 bits per heavy atom. The fraction of sp³-hybridized carbons (Fsp3) is 0.867. The average molecular weight is 267 g/mol. The van der Waals surface area contributed by atoms with Crippen LogP contribution in [0.25, 0.3) is 0 Å². The molecular weight excluding hydrogens is 238 g/mol. The topological polar surface area (TPSA) is 44.7 Å². The minimum absolute atomic E-state index is 0.0691. The van der Waals surface area contributed by atoms with Gasteiger partial charge in [0.1, 0.15) is 0 Å². The SMILES string of the molecule is CCCCCCC(=O)NN=C1CCN(CCC)CC1. The van der Waals surface area contributed by atoms with Crippen molar-refractivity contribution in [3.05, 3.63) is 0 Å². The molecule has 4 heteroatoms. The number of likely N-dealkylation sites (tertiary alicyclic amines) is 1. The van der Waals surface area contributed by atoms with Crippen LogP contribution in [0.5, 0.6) is 0 Å². The molecule has 0 radical (unpaired) electrons. The van der Waals surface area contributed by atoms with E-state index in [0.717, 1.165) is 44.5 Å². The Kier molecular flexibility index (Phi) is 8.47. The summed E-state index contributed by atoms with van der Waals surface area (Å²) in [5, 5.41) is 4.27. The summed E-state index contributed by atoms with van der Waals surface area (Å²) in [7, 11) is 0. The van der Waals surface area contributed by atoms with Gasteiger partial charge >= 0.3 is 0 Å². The lowest BCUT2D eigenvalue weighted by Crippen LogP contribution is -2.35. The van der Waals surface area contributed by atoms with Crippen molar-refractivity contribution in [3.8, 4) is 0 Å². The number of nitrogens with zero attached hydrogens (tertiary/aromatic N) is 2. The zero-order valence-electron chi connectivity index (χ0n) is 12.6. The van der Waals surface area contributed by atoms with E-state index in [2.05, 4.69) is 29.3 Å². The van der Waals surface area contributed by atoms with Gasteiger partial charge in [-0.05, 0) is 19.4 Å². The lowest BCUT2D eigenvalue weighted by molar-refractivity contribution is -0.121.